The van der Waals surface area contributed by atoms with E-state index in [1.54, 1.807) is 0 Å². The van der Waals surface area contributed by atoms with E-state index in [1.165, 1.54) is 0 Å². The number of hydrogen-bond acceptors (Lipinski definition) is 7. The lowest BCUT2D eigenvalue weighted by molar-refractivity contribution is -0.359. The van der Waals surface area contributed by atoms with E-state index in [2.05, 4.69) is 31.6 Å². The van der Waals surface area contributed by atoms with Gasteiger partial charge in [-0.05, 0) is 22.5 Å². The summed E-state index contributed by atoms with van der Waals surface area (Å²) in [5.74, 6) is -57.3. The van der Waals surface area contributed by atoms with Crippen molar-refractivity contribution in [2.75, 3.05) is 26.4 Å². The third kappa shape index (κ3) is 10.5. The highest BCUT2D eigenvalue weighted by atomic mass is 35.7. The van der Waals surface area contributed by atoms with Crippen LogP contribution in [0.4, 0.5) is 123 Å². The molecule has 0 aromatic rings. The van der Waals surface area contributed by atoms with E-state index in [0.717, 1.165) is 0 Å². The van der Waals surface area contributed by atoms with Crippen molar-refractivity contribution in [3.63, 3.8) is 0 Å². The van der Waals surface area contributed by atoms with Crippen LogP contribution in [-0.4, -0.2) is 98.5 Å². The van der Waals surface area contributed by atoms with Crippen molar-refractivity contribution >= 4 is 43.7 Å². The Morgan fingerprint density at radius 2 is 0.500 bits per heavy atom. The fourth-order valence-electron chi connectivity index (χ4n) is 2.56. The van der Waals surface area contributed by atoms with Gasteiger partial charge in [0.25, 0.3) is 0 Å². The van der Waals surface area contributed by atoms with Gasteiger partial charge in [0.05, 0.1) is 0 Å². The molecule has 0 saturated carbocycles. The van der Waals surface area contributed by atoms with Crippen LogP contribution in [0.2, 0.25) is 0 Å². The summed E-state index contributed by atoms with van der Waals surface area (Å²) < 4.78 is 391. The minimum atomic E-state index is -7.48. The highest BCUT2D eigenvalue weighted by Gasteiger charge is 2.76. The monoisotopic (exact) mass is 1000 g/mol. The van der Waals surface area contributed by atoms with Crippen LogP contribution >= 0.6 is 43.7 Å². The zero-order chi connectivity index (χ0) is 45.3. The molecule has 1 aliphatic heterocycles. The summed E-state index contributed by atoms with van der Waals surface area (Å²) in [6, 6.07) is 0. The van der Waals surface area contributed by atoms with Gasteiger partial charge in [-0.25, -0.2) is 0 Å². The molecule has 0 aromatic carbocycles. The average molecular weight is 1000 g/mol. The van der Waals surface area contributed by atoms with Crippen LogP contribution in [0.25, 0.3) is 0 Å². The number of nitrogens with zero attached hydrogens (tertiary/aromatic N) is 3. The Balaban J connectivity index is 4.28. The molecule has 336 valence electrons. The first-order valence-electron chi connectivity index (χ1n) is 12.1. The molecule has 0 N–H and O–H groups in total. The van der Waals surface area contributed by atoms with Gasteiger partial charge in [0.1, 0.15) is 26.4 Å². The Morgan fingerprint density at radius 1 is 0.304 bits per heavy atom. The number of alkyl halides is 28. The van der Waals surface area contributed by atoms with Gasteiger partial charge in [-0.2, -0.15) is 136 Å². The van der Waals surface area contributed by atoms with E-state index in [0.29, 0.717) is 0 Å². The molecule has 0 saturated heterocycles. The smallest absolute Gasteiger partial charge is 0.309 e. The summed E-state index contributed by atoms with van der Waals surface area (Å²) in [5, 5.41) is 0. The Morgan fingerprint density at radius 3 is 0.714 bits per heavy atom. The normalized spacial score (nSPS) is 23.0. The van der Waals surface area contributed by atoms with Crippen LogP contribution in [0.15, 0.2) is 13.5 Å². The summed E-state index contributed by atoms with van der Waals surface area (Å²) in [4.78, 5) is 0. The van der Waals surface area contributed by atoms with Crippen LogP contribution in [0.1, 0.15) is 0 Å². The molecule has 1 heterocycles. The average Bonchev–Trinajstić information content (AvgIpc) is 2.94. The molecule has 0 aromatic heterocycles. The van der Waals surface area contributed by atoms with Gasteiger partial charge in [-0.1, -0.05) is 0 Å². The van der Waals surface area contributed by atoms with Crippen molar-refractivity contribution in [2.45, 2.75) is 72.1 Å². The standard InChI is InChI=1S/C16H8Cl2F28N3O4P3/c17-54(50-1-5(19,20)9(27,28)13(35,36)37)47-55(18,51-2-6(21,22)10(29,30)14(38,39)40)49-56(48-54,52-3-7(23,24)11(31,32)15(41,42)43)53-4-8(25,26)12(33,34)16(44,45)46/h1-4H2. The lowest BCUT2D eigenvalue weighted by Gasteiger charge is -2.35. The van der Waals surface area contributed by atoms with Gasteiger partial charge in [0, 0.05) is 0 Å². The Labute approximate surface area is 297 Å². The first-order valence-corrected chi connectivity index (χ1v) is 18.7. The first-order chi connectivity index (χ1) is 23.9. The maximum absolute atomic E-state index is 14.1. The third-order valence-corrected chi connectivity index (χ3v) is 15.8. The fraction of sp³-hybridized carbons (Fsp3) is 1.00. The predicted octanol–water partition coefficient (Wildman–Crippen LogP) is 13.7. The van der Waals surface area contributed by atoms with Crippen molar-refractivity contribution in [3.8, 4) is 0 Å². The summed E-state index contributed by atoms with van der Waals surface area (Å²) in [5.41, 5.74) is 0. The Kier molecular flexibility index (Phi) is 14.5. The van der Waals surface area contributed by atoms with Crippen molar-refractivity contribution in [1.29, 1.82) is 0 Å². The van der Waals surface area contributed by atoms with Crippen LogP contribution < -0.4 is 0 Å². The molecule has 56 heavy (non-hydrogen) atoms. The SMILES string of the molecule is FC(F)(F)C(F)(F)C(F)(F)COP1(Cl)=NP(Cl)(OCC(F)(F)C(F)(F)C(F)(F)F)=NP(OCC(F)(F)C(F)(F)C(F)(F)F)(OCC(F)(F)C(F)(F)C(F)(F)F)=N1. The van der Waals surface area contributed by atoms with E-state index in [9.17, 15) is 123 Å². The fourth-order valence-corrected chi connectivity index (χ4v) is 14.1. The summed E-state index contributed by atoms with van der Waals surface area (Å²) in [7, 11) is -7.31. The number of hydrogen-bond donors (Lipinski definition) is 0. The number of halogens is 30. The summed E-state index contributed by atoms with van der Waals surface area (Å²) in [6.45, 7) is -28.9. The molecule has 0 amide bonds. The maximum atomic E-state index is 14.1. The summed E-state index contributed by atoms with van der Waals surface area (Å²) in [6.07, 6.45) is -29.6. The molecule has 0 fully saturated rings. The lowest BCUT2D eigenvalue weighted by atomic mass is 10.2. The molecular weight excluding hydrogens is 994 g/mol. The van der Waals surface area contributed by atoms with Crippen molar-refractivity contribution in [1.82, 2.24) is 0 Å². The largest absolute Gasteiger partial charge is 0.459 e. The second-order valence-corrected chi connectivity index (χ2v) is 18.6. The van der Waals surface area contributed by atoms with Gasteiger partial charge in [0.2, 0.25) is 0 Å². The molecule has 0 bridgehead atoms. The first kappa shape index (κ1) is 53.2. The van der Waals surface area contributed by atoms with E-state index < -0.39 is 120 Å². The quantitative estimate of drug-likeness (QED) is 0.114. The molecule has 7 nitrogen and oxygen atoms in total. The Hall–Kier alpha value is -0.850. The van der Waals surface area contributed by atoms with Crippen LogP contribution in [0, 0.1) is 0 Å². The molecule has 1 rings (SSSR count). The van der Waals surface area contributed by atoms with Gasteiger partial charge in [-0.3, -0.25) is 9.05 Å². The van der Waals surface area contributed by atoms with E-state index in [4.69, 9.17) is 22.5 Å². The van der Waals surface area contributed by atoms with Crippen molar-refractivity contribution in [3.05, 3.63) is 0 Å². The molecule has 0 spiro atoms. The van der Waals surface area contributed by atoms with Crippen molar-refractivity contribution < 1.29 is 141 Å². The third-order valence-electron chi connectivity index (χ3n) is 5.58. The Bertz CT molecular complexity index is 1510. The molecule has 2 atom stereocenters. The second kappa shape index (κ2) is 15.3. The van der Waals surface area contributed by atoms with Gasteiger partial charge in [-0.15, -0.1) is 0 Å². The molecule has 0 radical (unpaired) electrons. The summed E-state index contributed by atoms with van der Waals surface area (Å²) >= 11 is 10.5. The van der Waals surface area contributed by atoms with Gasteiger partial charge < -0.3 is 9.05 Å². The topological polar surface area (TPSA) is 74.0 Å². The highest BCUT2D eigenvalue weighted by molar-refractivity contribution is 8.00. The number of rotatable bonds is 16. The molecule has 0 aliphatic carbocycles. The molecule has 2 unspecified atom stereocenters. The highest BCUT2D eigenvalue weighted by Crippen LogP contribution is 2.84. The van der Waals surface area contributed by atoms with E-state index in [-0.39, 0.29) is 0 Å². The second-order valence-electron chi connectivity index (χ2n) is 9.90. The zero-order valence-corrected chi connectivity index (χ0v) is 28.7. The molecular formula is C16H8Cl2F28N3O4P3. The van der Waals surface area contributed by atoms with Crippen LogP contribution in [0.5, 0.6) is 0 Å². The molecule has 1 aliphatic rings. The minimum Gasteiger partial charge on any atom is -0.309 e. The zero-order valence-electron chi connectivity index (χ0n) is 24.5. The minimum absolute atomic E-state index is 2.17. The lowest BCUT2D eigenvalue weighted by Crippen LogP contribution is -2.54. The predicted molar refractivity (Wildman–Crippen MR) is 127 cm³/mol. The van der Waals surface area contributed by atoms with E-state index in [1.807, 2.05) is 0 Å². The van der Waals surface area contributed by atoms with Crippen molar-refractivity contribution in [2.24, 2.45) is 13.5 Å². The maximum Gasteiger partial charge on any atom is 0.459 e. The van der Waals surface area contributed by atoms with Crippen LogP contribution in [-0.2, 0) is 18.1 Å². The van der Waals surface area contributed by atoms with Gasteiger partial charge >= 0.3 is 93.3 Å². The van der Waals surface area contributed by atoms with E-state index >= 15 is 0 Å². The van der Waals surface area contributed by atoms with Gasteiger partial charge in [0.15, 0.2) is 0 Å². The van der Waals surface area contributed by atoms with Crippen LogP contribution in [0.3, 0.4) is 0 Å². The molecule has 40 heteroatoms.